The number of carbonyl (C=O) groups is 1. The Kier molecular flexibility index (Phi) is 6.13. The van der Waals surface area contributed by atoms with E-state index in [2.05, 4.69) is 10.3 Å². The second-order valence-corrected chi connectivity index (χ2v) is 8.12. The minimum absolute atomic E-state index is 0.0990. The fourth-order valence-corrected chi connectivity index (χ4v) is 4.39. The molecule has 2 aromatic rings. The van der Waals surface area contributed by atoms with Gasteiger partial charge in [0.1, 0.15) is 0 Å². The zero-order valence-corrected chi connectivity index (χ0v) is 16.8. The fraction of sp³-hybridized carbons (Fsp3) is 0.545. The van der Waals surface area contributed by atoms with Gasteiger partial charge in [-0.3, -0.25) is 9.78 Å². The van der Waals surface area contributed by atoms with E-state index in [0.29, 0.717) is 43.1 Å². The third-order valence-corrected chi connectivity index (χ3v) is 6.17. The van der Waals surface area contributed by atoms with Gasteiger partial charge >= 0.3 is 6.18 Å². The Bertz CT molecular complexity index is 889. The van der Waals surface area contributed by atoms with Gasteiger partial charge in [-0.1, -0.05) is 6.07 Å². The Morgan fingerprint density at radius 1 is 1.13 bits per heavy atom. The predicted octanol–water partition coefficient (Wildman–Crippen LogP) is 4.33. The van der Waals surface area contributed by atoms with E-state index in [0.717, 1.165) is 50.0 Å². The Hall–Kier alpha value is -2.35. The summed E-state index contributed by atoms with van der Waals surface area (Å²) in [5, 5.41) is 4.07. The molecular weight excluding hydrogens is 395 g/mol. The van der Waals surface area contributed by atoms with Crippen molar-refractivity contribution in [3.63, 3.8) is 0 Å². The third kappa shape index (κ3) is 4.69. The van der Waals surface area contributed by atoms with Gasteiger partial charge in [-0.25, -0.2) is 0 Å². The molecule has 1 saturated heterocycles. The number of benzene rings is 1. The molecule has 1 aromatic heterocycles. The van der Waals surface area contributed by atoms with E-state index in [1.807, 2.05) is 4.90 Å². The maximum absolute atomic E-state index is 12.9. The molecule has 1 aromatic carbocycles. The Balaban J connectivity index is 1.33. The lowest BCUT2D eigenvalue weighted by molar-refractivity contribution is -0.141. The summed E-state index contributed by atoms with van der Waals surface area (Å²) in [5.41, 5.74) is 0.429. The predicted molar refractivity (Wildman–Crippen MR) is 108 cm³/mol. The molecule has 8 heteroatoms. The van der Waals surface area contributed by atoms with Crippen molar-refractivity contribution in [3.05, 3.63) is 36.0 Å². The molecule has 162 valence electrons. The second kappa shape index (κ2) is 8.79. The molecule has 0 unspecified atom stereocenters. The van der Waals surface area contributed by atoms with Gasteiger partial charge in [-0.2, -0.15) is 13.2 Å². The molecule has 1 amide bonds. The van der Waals surface area contributed by atoms with Crippen molar-refractivity contribution < 1.29 is 22.7 Å². The number of alkyl halides is 3. The Morgan fingerprint density at radius 2 is 1.87 bits per heavy atom. The highest BCUT2D eigenvalue weighted by Gasteiger charge is 2.31. The normalized spacial score (nSPS) is 22.8. The quantitative estimate of drug-likeness (QED) is 0.799. The lowest BCUT2D eigenvalue weighted by Gasteiger charge is -2.34. The molecule has 1 saturated carbocycles. The summed E-state index contributed by atoms with van der Waals surface area (Å²) in [7, 11) is 0. The number of pyridine rings is 1. The number of ether oxygens (including phenoxy) is 1. The summed E-state index contributed by atoms with van der Waals surface area (Å²) in [6.07, 6.45) is 0.854. The Morgan fingerprint density at radius 3 is 2.57 bits per heavy atom. The molecule has 4 rings (SSSR count). The molecule has 0 spiro atoms. The third-order valence-electron chi connectivity index (χ3n) is 6.17. The first-order valence-electron chi connectivity index (χ1n) is 10.5. The maximum atomic E-state index is 12.9. The van der Waals surface area contributed by atoms with Crippen molar-refractivity contribution in [2.45, 2.75) is 31.9 Å². The highest BCUT2D eigenvalue weighted by atomic mass is 19.4. The minimum Gasteiger partial charge on any atom is -0.384 e. The molecule has 30 heavy (non-hydrogen) atoms. The number of morpholine rings is 1. The van der Waals surface area contributed by atoms with E-state index in [1.54, 1.807) is 6.07 Å². The molecule has 0 radical (unpaired) electrons. The average Bonchev–Trinajstić information content (AvgIpc) is 2.77. The van der Waals surface area contributed by atoms with Crippen molar-refractivity contribution >= 4 is 22.5 Å². The van der Waals surface area contributed by atoms with Crippen LogP contribution in [0.1, 0.15) is 31.2 Å². The van der Waals surface area contributed by atoms with Crippen LogP contribution in [-0.2, 0) is 15.7 Å². The number of aromatic nitrogens is 1. The van der Waals surface area contributed by atoms with E-state index in [9.17, 15) is 18.0 Å². The van der Waals surface area contributed by atoms with Crippen molar-refractivity contribution in [2.75, 3.05) is 38.2 Å². The van der Waals surface area contributed by atoms with Crippen LogP contribution in [0.5, 0.6) is 0 Å². The standard InChI is InChI=1S/C22H26F3N3O2/c23-22(24,25)17-5-6-18-19(7-8-26-20(18)13-17)27-14-15-1-3-16(4-2-15)21(29)28-9-11-30-12-10-28/h5-8,13,15-16H,1-4,9-12,14H2,(H,26,27). The first-order valence-corrected chi connectivity index (χ1v) is 10.5. The summed E-state index contributed by atoms with van der Waals surface area (Å²) in [6.45, 7) is 3.35. The van der Waals surface area contributed by atoms with Crippen molar-refractivity contribution in [1.82, 2.24) is 9.88 Å². The summed E-state index contributed by atoms with van der Waals surface area (Å²) >= 11 is 0. The molecule has 0 atom stereocenters. The van der Waals surface area contributed by atoms with Crippen molar-refractivity contribution in [1.29, 1.82) is 0 Å². The number of nitrogens with one attached hydrogen (secondary N) is 1. The van der Waals surface area contributed by atoms with Crippen molar-refractivity contribution in [3.8, 4) is 0 Å². The smallest absolute Gasteiger partial charge is 0.384 e. The zero-order chi connectivity index (χ0) is 21.1. The fourth-order valence-electron chi connectivity index (χ4n) is 4.39. The number of anilines is 1. The van der Waals surface area contributed by atoms with Gasteiger partial charge < -0.3 is 15.0 Å². The molecule has 1 aliphatic carbocycles. The van der Waals surface area contributed by atoms with Crippen LogP contribution in [-0.4, -0.2) is 48.6 Å². The second-order valence-electron chi connectivity index (χ2n) is 8.12. The summed E-state index contributed by atoms with van der Waals surface area (Å²) in [5.74, 6) is 0.795. The van der Waals surface area contributed by atoms with Crippen LogP contribution in [0.3, 0.4) is 0 Å². The van der Waals surface area contributed by atoms with Gasteiger partial charge in [0.25, 0.3) is 0 Å². The van der Waals surface area contributed by atoms with Crippen LogP contribution in [0.4, 0.5) is 18.9 Å². The maximum Gasteiger partial charge on any atom is 0.416 e. The molecule has 1 N–H and O–H groups in total. The van der Waals surface area contributed by atoms with Gasteiger partial charge in [-0.05, 0) is 49.8 Å². The largest absolute Gasteiger partial charge is 0.416 e. The summed E-state index contributed by atoms with van der Waals surface area (Å²) < 4.78 is 44.1. The zero-order valence-electron chi connectivity index (χ0n) is 16.8. The number of rotatable bonds is 4. The minimum atomic E-state index is -4.38. The van der Waals surface area contributed by atoms with Gasteiger partial charge in [0.15, 0.2) is 0 Å². The van der Waals surface area contributed by atoms with Crippen molar-refractivity contribution in [2.24, 2.45) is 11.8 Å². The number of hydrogen-bond donors (Lipinski definition) is 1. The highest BCUT2D eigenvalue weighted by Crippen LogP contribution is 2.34. The number of amides is 1. The lowest BCUT2D eigenvalue weighted by Crippen LogP contribution is -2.44. The van der Waals surface area contributed by atoms with E-state index in [-0.39, 0.29) is 11.8 Å². The van der Waals surface area contributed by atoms with Crippen LogP contribution in [0.15, 0.2) is 30.5 Å². The topological polar surface area (TPSA) is 54.5 Å². The molecular formula is C22H26F3N3O2. The van der Waals surface area contributed by atoms with Gasteiger partial charge in [0.2, 0.25) is 5.91 Å². The van der Waals surface area contributed by atoms with Crippen LogP contribution < -0.4 is 5.32 Å². The highest BCUT2D eigenvalue weighted by molar-refractivity contribution is 5.91. The van der Waals surface area contributed by atoms with E-state index in [4.69, 9.17) is 4.74 Å². The van der Waals surface area contributed by atoms with E-state index >= 15 is 0 Å². The van der Waals surface area contributed by atoms with Crippen LogP contribution in [0.25, 0.3) is 10.9 Å². The summed E-state index contributed by atoms with van der Waals surface area (Å²) in [6, 6.07) is 5.45. The number of halogens is 3. The van der Waals surface area contributed by atoms with E-state index in [1.165, 1.54) is 12.3 Å². The number of fused-ring (bicyclic) bond motifs is 1. The molecule has 1 aliphatic heterocycles. The first-order chi connectivity index (χ1) is 14.4. The van der Waals surface area contributed by atoms with Gasteiger partial charge in [0, 0.05) is 42.8 Å². The van der Waals surface area contributed by atoms with Crippen LogP contribution in [0.2, 0.25) is 0 Å². The number of carbonyl (C=O) groups excluding carboxylic acids is 1. The SMILES string of the molecule is O=C(C1CCC(CNc2ccnc3cc(C(F)(F)F)ccc23)CC1)N1CCOCC1. The molecule has 2 heterocycles. The molecule has 2 fully saturated rings. The van der Waals surface area contributed by atoms with Crippen LogP contribution >= 0.6 is 0 Å². The Labute approximate surface area is 173 Å². The lowest BCUT2D eigenvalue weighted by atomic mass is 9.81. The molecule has 0 bridgehead atoms. The first kappa shape index (κ1) is 20.9. The average molecular weight is 421 g/mol. The molecule has 2 aliphatic rings. The summed E-state index contributed by atoms with van der Waals surface area (Å²) in [4.78, 5) is 18.7. The molecule has 5 nitrogen and oxygen atoms in total. The van der Waals surface area contributed by atoms with Crippen LogP contribution in [0, 0.1) is 11.8 Å². The monoisotopic (exact) mass is 421 g/mol. The van der Waals surface area contributed by atoms with Gasteiger partial charge in [-0.15, -0.1) is 0 Å². The number of hydrogen-bond acceptors (Lipinski definition) is 4. The number of nitrogens with zero attached hydrogens (tertiary/aromatic N) is 2. The van der Waals surface area contributed by atoms with E-state index < -0.39 is 11.7 Å². The van der Waals surface area contributed by atoms with Gasteiger partial charge in [0.05, 0.1) is 24.3 Å².